The van der Waals surface area contributed by atoms with Gasteiger partial charge < -0.3 is 4.74 Å². The molecule has 0 spiro atoms. The average molecular weight is 310 g/mol. The third-order valence-electron chi connectivity index (χ3n) is 3.69. The molecule has 0 radical (unpaired) electrons. The Balaban J connectivity index is 1.83. The number of benzene rings is 1. The van der Waals surface area contributed by atoms with Gasteiger partial charge in [0, 0.05) is 11.8 Å². The number of methoxy groups -OCH3 is 1. The number of aromatic nitrogens is 2. The van der Waals surface area contributed by atoms with Crippen molar-refractivity contribution in [2.24, 2.45) is 0 Å². The van der Waals surface area contributed by atoms with Gasteiger partial charge in [0.15, 0.2) is 11.6 Å². The number of nitrogens with zero attached hydrogens (tertiary/aromatic N) is 2. The molecule has 2 aromatic heterocycles. The second kappa shape index (κ2) is 4.71. The van der Waals surface area contributed by atoms with E-state index in [0.717, 1.165) is 16.0 Å². The number of hydrogen-bond donors (Lipinski definition) is 0. The molecule has 1 aliphatic rings. The summed E-state index contributed by atoms with van der Waals surface area (Å²) in [5.41, 5.74) is 1.38. The van der Waals surface area contributed by atoms with Crippen LogP contribution in [0.15, 0.2) is 36.5 Å². The third kappa shape index (κ3) is 1.77. The van der Waals surface area contributed by atoms with Crippen molar-refractivity contribution < 1.29 is 14.3 Å². The molecular formula is C16H10N2O3S. The molecule has 0 fully saturated rings. The van der Waals surface area contributed by atoms with E-state index in [0.29, 0.717) is 10.6 Å². The van der Waals surface area contributed by atoms with Crippen molar-refractivity contribution in [1.29, 1.82) is 0 Å². The Morgan fingerprint density at radius 2 is 2.05 bits per heavy atom. The first-order chi connectivity index (χ1) is 10.7. The number of rotatable bonds is 2. The number of Topliss-reactive ketones (excluding diaryl/α,β-unsaturated/α-hetero) is 2. The average Bonchev–Trinajstić information content (AvgIpc) is 3.06. The highest BCUT2D eigenvalue weighted by Gasteiger charge is 2.42. The van der Waals surface area contributed by atoms with E-state index in [1.165, 1.54) is 17.5 Å². The van der Waals surface area contributed by atoms with Crippen LogP contribution in [0, 0.1) is 0 Å². The molecular weight excluding hydrogens is 300 g/mol. The van der Waals surface area contributed by atoms with Gasteiger partial charge in [-0.05, 0) is 30.3 Å². The summed E-state index contributed by atoms with van der Waals surface area (Å²) in [7, 11) is 1.59. The molecule has 5 nitrogen and oxygen atoms in total. The van der Waals surface area contributed by atoms with Crippen LogP contribution in [0.4, 0.5) is 0 Å². The fourth-order valence-electron chi connectivity index (χ4n) is 2.61. The number of hydrogen-bond acceptors (Lipinski definition) is 6. The van der Waals surface area contributed by atoms with Gasteiger partial charge in [0.1, 0.15) is 22.4 Å². The van der Waals surface area contributed by atoms with Crippen LogP contribution >= 0.6 is 11.3 Å². The Hall–Kier alpha value is -2.60. The fourth-order valence-corrected chi connectivity index (χ4v) is 3.70. The molecule has 4 rings (SSSR count). The Morgan fingerprint density at radius 3 is 2.82 bits per heavy atom. The molecule has 0 N–H and O–H groups in total. The second-order valence-corrected chi connectivity index (χ2v) is 6.01. The molecule has 1 aromatic carbocycles. The number of fused-ring (bicyclic) bond motifs is 2. The summed E-state index contributed by atoms with van der Waals surface area (Å²) in [5.74, 6) is -0.643. The summed E-state index contributed by atoms with van der Waals surface area (Å²) in [6, 6.07) is 8.78. The monoisotopic (exact) mass is 310 g/mol. The van der Waals surface area contributed by atoms with Gasteiger partial charge in [-0.15, -0.1) is 11.3 Å². The lowest BCUT2D eigenvalue weighted by molar-refractivity contribution is 0.0888. The van der Waals surface area contributed by atoms with Crippen LogP contribution in [-0.4, -0.2) is 28.6 Å². The maximum absolute atomic E-state index is 12.5. The SMILES string of the molecule is COc1ccc2nc([C@H]3C(=O)c4cccnc4C3=O)sc2c1. The molecule has 108 valence electrons. The highest BCUT2D eigenvalue weighted by Crippen LogP contribution is 2.37. The molecule has 0 bridgehead atoms. The summed E-state index contributed by atoms with van der Waals surface area (Å²) < 4.78 is 6.07. The number of thiazole rings is 1. The predicted molar refractivity (Wildman–Crippen MR) is 81.8 cm³/mol. The molecule has 0 amide bonds. The third-order valence-corrected chi connectivity index (χ3v) is 4.77. The van der Waals surface area contributed by atoms with E-state index in [1.54, 1.807) is 25.3 Å². The Morgan fingerprint density at radius 1 is 1.18 bits per heavy atom. The van der Waals surface area contributed by atoms with Gasteiger partial charge in [0.05, 0.1) is 17.3 Å². The summed E-state index contributed by atoms with van der Waals surface area (Å²) in [4.78, 5) is 33.4. The minimum atomic E-state index is -0.867. The van der Waals surface area contributed by atoms with Gasteiger partial charge in [-0.3, -0.25) is 14.6 Å². The van der Waals surface area contributed by atoms with Crippen LogP contribution in [0.3, 0.4) is 0 Å². The second-order valence-electron chi connectivity index (χ2n) is 4.95. The van der Waals surface area contributed by atoms with Crippen molar-refractivity contribution >= 4 is 33.1 Å². The molecule has 0 aliphatic heterocycles. The maximum Gasteiger partial charge on any atom is 0.199 e. The normalized spacial score (nSPS) is 17.0. The van der Waals surface area contributed by atoms with Gasteiger partial charge >= 0.3 is 0 Å². The molecule has 0 saturated carbocycles. The first-order valence-corrected chi connectivity index (χ1v) is 7.48. The number of carbonyl (C=O) groups excluding carboxylic acids is 2. The first-order valence-electron chi connectivity index (χ1n) is 6.67. The van der Waals surface area contributed by atoms with E-state index in [1.807, 2.05) is 12.1 Å². The van der Waals surface area contributed by atoms with Crippen molar-refractivity contribution in [2.45, 2.75) is 5.92 Å². The number of ketones is 2. The van der Waals surface area contributed by atoms with E-state index in [-0.39, 0.29) is 17.3 Å². The highest BCUT2D eigenvalue weighted by atomic mass is 32.1. The molecule has 0 saturated heterocycles. The Kier molecular flexibility index (Phi) is 2.80. The quantitative estimate of drug-likeness (QED) is 0.681. The molecule has 6 heteroatoms. The number of ether oxygens (including phenoxy) is 1. The van der Waals surface area contributed by atoms with Gasteiger partial charge in [0.2, 0.25) is 0 Å². The zero-order valence-electron chi connectivity index (χ0n) is 11.6. The van der Waals surface area contributed by atoms with Crippen molar-refractivity contribution in [3.63, 3.8) is 0 Å². The lowest BCUT2D eigenvalue weighted by Gasteiger charge is -2.00. The minimum absolute atomic E-state index is 0.223. The maximum atomic E-state index is 12.5. The first kappa shape index (κ1) is 13.1. The Labute approximate surface area is 129 Å². The van der Waals surface area contributed by atoms with E-state index >= 15 is 0 Å². The molecule has 2 heterocycles. The Bertz CT molecular complexity index is 897. The van der Waals surface area contributed by atoms with Crippen molar-refractivity contribution in [1.82, 2.24) is 9.97 Å². The van der Waals surface area contributed by atoms with Gasteiger partial charge in [-0.1, -0.05) is 0 Å². The van der Waals surface area contributed by atoms with Crippen molar-refractivity contribution in [2.75, 3.05) is 7.11 Å². The zero-order valence-corrected chi connectivity index (χ0v) is 12.4. The van der Waals surface area contributed by atoms with Crippen LogP contribution in [0.5, 0.6) is 5.75 Å². The van der Waals surface area contributed by atoms with E-state index in [2.05, 4.69) is 9.97 Å². The van der Waals surface area contributed by atoms with Crippen LogP contribution < -0.4 is 4.74 Å². The lowest BCUT2D eigenvalue weighted by Crippen LogP contribution is -2.12. The molecule has 1 aliphatic carbocycles. The molecule has 1 atom stereocenters. The largest absolute Gasteiger partial charge is 0.497 e. The lowest BCUT2D eigenvalue weighted by atomic mass is 10.1. The fraction of sp³-hybridized carbons (Fsp3) is 0.125. The van der Waals surface area contributed by atoms with Crippen LogP contribution in [0.2, 0.25) is 0 Å². The summed E-state index contributed by atoms with van der Waals surface area (Å²) in [5, 5.41) is 0.510. The van der Waals surface area contributed by atoms with Crippen LogP contribution in [0.25, 0.3) is 10.2 Å². The van der Waals surface area contributed by atoms with Gasteiger partial charge in [0.25, 0.3) is 0 Å². The minimum Gasteiger partial charge on any atom is -0.497 e. The topological polar surface area (TPSA) is 69.2 Å². The van der Waals surface area contributed by atoms with E-state index in [4.69, 9.17) is 4.74 Å². The summed E-state index contributed by atoms with van der Waals surface area (Å²) in [6.07, 6.45) is 1.52. The highest BCUT2D eigenvalue weighted by molar-refractivity contribution is 7.19. The number of carbonyl (C=O) groups is 2. The zero-order chi connectivity index (χ0) is 15.3. The summed E-state index contributed by atoms with van der Waals surface area (Å²) in [6.45, 7) is 0. The van der Waals surface area contributed by atoms with Crippen LogP contribution in [0.1, 0.15) is 31.8 Å². The van der Waals surface area contributed by atoms with E-state index < -0.39 is 5.92 Å². The molecule has 22 heavy (non-hydrogen) atoms. The number of pyridine rings is 1. The van der Waals surface area contributed by atoms with Gasteiger partial charge in [-0.25, -0.2) is 4.98 Å². The molecule has 0 unspecified atom stereocenters. The molecule has 3 aromatic rings. The van der Waals surface area contributed by atoms with Gasteiger partial charge in [-0.2, -0.15) is 0 Å². The van der Waals surface area contributed by atoms with Crippen LogP contribution in [-0.2, 0) is 0 Å². The predicted octanol–water partition coefficient (Wildman–Crippen LogP) is 2.86. The smallest absolute Gasteiger partial charge is 0.199 e. The van der Waals surface area contributed by atoms with Crippen molar-refractivity contribution in [3.05, 3.63) is 52.8 Å². The standard InChI is InChI=1S/C16H10N2O3S/c1-21-8-4-5-10-11(7-8)22-16(18-10)12-14(19)9-3-2-6-17-13(9)15(12)20/h2-7,12H,1H3/t12-/m0/s1. The van der Waals surface area contributed by atoms with E-state index in [9.17, 15) is 9.59 Å². The van der Waals surface area contributed by atoms with Crippen molar-refractivity contribution in [3.8, 4) is 5.75 Å². The summed E-state index contributed by atoms with van der Waals surface area (Å²) >= 11 is 1.34.